The molecule has 5 heteroatoms. The van der Waals surface area contributed by atoms with E-state index in [1.54, 1.807) is 42.5 Å². The minimum absolute atomic E-state index is 0.0760. The van der Waals surface area contributed by atoms with Crippen LogP contribution in [0.25, 0.3) is 0 Å². The number of benzene rings is 2. The smallest absolute Gasteiger partial charge is 0.308 e. The van der Waals surface area contributed by atoms with Crippen LogP contribution in [0.3, 0.4) is 0 Å². The summed E-state index contributed by atoms with van der Waals surface area (Å²) in [5, 5.41) is 2.70. The topological polar surface area (TPSA) is 72.5 Å². The van der Waals surface area contributed by atoms with Gasteiger partial charge in [-0.3, -0.25) is 14.4 Å². The van der Waals surface area contributed by atoms with Gasteiger partial charge in [-0.15, -0.1) is 0 Å². The number of carbonyl (C=O) groups is 3. The maximum absolute atomic E-state index is 12.2. The van der Waals surface area contributed by atoms with E-state index in [0.29, 0.717) is 22.6 Å². The predicted octanol–water partition coefficient (Wildman–Crippen LogP) is 3.07. The van der Waals surface area contributed by atoms with E-state index in [4.69, 9.17) is 4.74 Å². The first-order chi connectivity index (χ1) is 10.5. The van der Waals surface area contributed by atoms with Gasteiger partial charge in [0.05, 0.1) is 0 Å². The molecular formula is C17H15NO4. The van der Waals surface area contributed by atoms with E-state index in [2.05, 4.69) is 5.32 Å². The molecule has 0 aliphatic carbocycles. The lowest BCUT2D eigenvalue weighted by Gasteiger charge is -2.08. The lowest BCUT2D eigenvalue weighted by molar-refractivity contribution is -0.131. The number of hydrogen-bond acceptors (Lipinski definition) is 4. The second-order valence-corrected chi connectivity index (χ2v) is 4.71. The van der Waals surface area contributed by atoms with Crippen molar-refractivity contribution in [3.63, 3.8) is 0 Å². The molecule has 0 unspecified atom stereocenters. The third-order valence-electron chi connectivity index (χ3n) is 2.88. The van der Waals surface area contributed by atoms with Crippen molar-refractivity contribution in [3.05, 3.63) is 59.7 Å². The first kappa shape index (κ1) is 15.4. The molecule has 0 spiro atoms. The molecule has 1 amide bonds. The number of hydrogen-bond donors (Lipinski definition) is 1. The number of ether oxygens (including phenoxy) is 1. The molecule has 1 N–H and O–H groups in total. The molecule has 0 aromatic heterocycles. The van der Waals surface area contributed by atoms with Crippen LogP contribution in [0, 0.1) is 0 Å². The highest BCUT2D eigenvalue weighted by molar-refractivity contribution is 6.05. The van der Waals surface area contributed by atoms with Crippen LogP contribution in [0.2, 0.25) is 0 Å². The number of carbonyl (C=O) groups excluding carboxylic acids is 3. The van der Waals surface area contributed by atoms with Gasteiger partial charge in [-0.2, -0.15) is 0 Å². The van der Waals surface area contributed by atoms with Crippen LogP contribution < -0.4 is 10.1 Å². The number of esters is 1. The fraction of sp³-hybridized carbons (Fsp3) is 0.118. The van der Waals surface area contributed by atoms with Gasteiger partial charge in [-0.1, -0.05) is 18.2 Å². The SMILES string of the molecule is CC(=O)Oc1cccc(C(=O)Nc2cccc(C(C)=O)c2)c1. The molecule has 5 nitrogen and oxygen atoms in total. The molecule has 2 aromatic rings. The molecule has 0 bridgehead atoms. The van der Waals surface area contributed by atoms with Gasteiger partial charge in [-0.05, 0) is 37.3 Å². The van der Waals surface area contributed by atoms with Gasteiger partial charge in [0, 0.05) is 23.7 Å². The van der Waals surface area contributed by atoms with E-state index < -0.39 is 5.97 Å². The van der Waals surface area contributed by atoms with Gasteiger partial charge in [0.1, 0.15) is 5.75 Å². The normalized spacial score (nSPS) is 9.91. The second kappa shape index (κ2) is 6.67. The molecule has 0 aliphatic rings. The number of Topliss-reactive ketones (excluding diaryl/α,β-unsaturated/α-hetero) is 1. The summed E-state index contributed by atoms with van der Waals surface area (Å²) in [5.41, 5.74) is 1.40. The van der Waals surface area contributed by atoms with Crippen molar-refractivity contribution in [2.75, 3.05) is 5.32 Å². The summed E-state index contributed by atoms with van der Waals surface area (Å²) in [5.74, 6) is -0.577. The van der Waals surface area contributed by atoms with Crippen molar-refractivity contribution >= 4 is 23.3 Å². The van der Waals surface area contributed by atoms with Crippen molar-refractivity contribution < 1.29 is 19.1 Å². The molecule has 112 valence electrons. The maximum Gasteiger partial charge on any atom is 0.308 e. The Morgan fingerprint density at radius 3 is 2.27 bits per heavy atom. The molecular weight excluding hydrogens is 282 g/mol. The van der Waals surface area contributed by atoms with Gasteiger partial charge >= 0.3 is 5.97 Å². The Bertz CT molecular complexity index is 737. The first-order valence-corrected chi connectivity index (χ1v) is 6.66. The molecule has 2 rings (SSSR count). The zero-order valence-electron chi connectivity index (χ0n) is 12.3. The highest BCUT2D eigenvalue weighted by Crippen LogP contribution is 2.16. The molecule has 0 heterocycles. The summed E-state index contributed by atoms with van der Waals surface area (Å²) < 4.78 is 4.94. The molecule has 0 fully saturated rings. The quantitative estimate of drug-likeness (QED) is 0.535. The van der Waals surface area contributed by atoms with Crippen molar-refractivity contribution in [2.45, 2.75) is 13.8 Å². The lowest BCUT2D eigenvalue weighted by atomic mass is 10.1. The van der Waals surface area contributed by atoms with Crippen LogP contribution in [-0.2, 0) is 4.79 Å². The lowest BCUT2D eigenvalue weighted by Crippen LogP contribution is -2.12. The standard InChI is InChI=1S/C17H15NO4/c1-11(19)13-5-3-7-15(9-13)18-17(21)14-6-4-8-16(10-14)22-12(2)20/h3-10H,1-2H3,(H,18,21). The average molecular weight is 297 g/mol. The van der Waals surface area contributed by atoms with Gasteiger partial charge in [0.25, 0.3) is 5.91 Å². The Morgan fingerprint density at radius 1 is 0.909 bits per heavy atom. The summed E-state index contributed by atoms with van der Waals surface area (Å²) in [4.78, 5) is 34.5. The van der Waals surface area contributed by atoms with Crippen molar-refractivity contribution in [1.82, 2.24) is 0 Å². The number of amides is 1. The van der Waals surface area contributed by atoms with E-state index in [1.165, 1.54) is 19.9 Å². The maximum atomic E-state index is 12.2. The Balaban J connectivity index is 2.17. The van der Waals surface area contributed by atoms with Gasteiger partial charge in [0.2, 0.25) is 0 Å². The van der Waals surface area contributed by atoms with Crippen LogP contribution in [0.4, 0.5) is 5.69 Å². The fourth-order valence-corrected chi connectivity index (χ4v) is 1.89. The molecule has 0 aliphatic heterocycles. The molecule has 0 atom stereocenters. The van der Waals surface area contributed by atoms with Gasteiger partial charge in [0.15, 0.2) is 5.78 Å². The first-order valence-electron chi connectivity index (χ1n) is 6.66. The monoisotopic (exact) mass is 297 g/mol. The van der Waals surface area contributed by atoms with E-state index in [-0.39, 0.29) is 11.7 Å². The molecule has 0 saturated heterocycles. The third kappa shape index (κ3) is 4.02. The van der Waals surface area contributed by atoms with Crippen LogP contribution in [-0.4, -0.2) is 17.7 Å². The molecule has 2 aromatic carbocycles. The summed E-state index contributed by atoms with van der Waals surface area (Å²) in [6.45, 7) is 2.75. The summed E-state index contributed by atoms with van der Waals surface area (Å²) in [6, 6.07) is 13.0. The third-order valence-corrected chi connectivity index (χ3v) is 2.88. The summed E-state index contributed by atoms with van der Waals surface area (Å²) in [7, 11) is 0. The van der Waals surface area contributed by atoms with Crippen molar-refractivity contribution in [2.24, 2.45) is 0 Å². The zero-order valence-corrected chi connectivity index (χ0v) is 12.3. The van der Waals surface area contributed by atoms with Crippen LogP contribution in [0.5, 0.6) is 5.75 Å². The summed E-state index contributed by atoms with van der Waals surface area (Å²) in [6.07, 6.45) is 0. The van der Waals surface area contributed by atoms with E-state index in [0.717, 1.165) is 0 Å². The number of ketones is 1. The largest absolute Gasteiger partial charge is 0.427 e. The Morgan fingerprint density at radius 2 is 1.59 bits per heavy atom. The summed E-state index contributed by atoms with van der Waals surface area (Å²) >= 11 is 0. The molecule has 22 heavy (non-hydrogen) atoms. The van der Waals surface area contributed by atoms with Crippen molar-refractivity contribution in [1.29, 1.82) is 0 Å². The Kier molecular flexibility index (Phi) is 4.68. The zero-order chi connectivity index (χ0) is 16.1. The van der Waals surface area contributed by atoms with Crippen LogP contribution in [0.1, 0.15) is 34.6 Å². The second-order valence-electron chi connectivity index (χ2n) is 4.71. The van der Waals surface area contributed by atoms with E-state index >= 15 is 0 Å². The fourth-order valence-electron chi connectivity index (χ4n) is 1.89. The molecule has 0 saturated carbocycles. The van der Waals surface area contributed by atoms with Crippen molar-refractivity contribution in [3.8, 4) is 5.75 Å². The van der Waals surface area contributed by atoms with E-state index in [1.807, 2.05) is 0 Å². The van der Waals surface area contributed by atoms with Crippen LogP contribution >= 0.6 is 0 Å². The van der Waals surface area contributed by atoms with Gasteiger partial charge < -0.3 is 10.1 Å². The average Bonchev–Trinajstić information content (AvgIpc) is 2.47. The number of anilines is 1. The minimum Gasteiger partial charge on any atom is -0.427 e. The highest BCUT2D eigenvalue weighted by atomic mass is 16.5. The molecule has 0 radical (unpaired) electrons. The Hall–Kier alpha value is -2.95. The number of nitrogens with one attached hydrogen (secondary N) is 1. The predicted molar refractivity (Wildman–Crippen MR) is 82.2 cm³/mol. The minimum atomic E-state index is -0.452. The van der Waals surface area contributed by atoms with Gasteiger partial charge in [-0.25, -0.2) is 0 Å². The van der Waals surface area contributed by atoms with Crippen LogP contribution in [0.15, 0.2) is 48.5 Å². The number of rotatable bonds is 4. The highest BCUT2D eigenvalue weighted by Gasteiger charge is 2.09. The Labute approximate surface area is 127 Å². The van der Waals surface area contributed by atoms with E-state index in [9.17, 15) is 14.4 Å².